The van der Waals surface area contributed by atoms with Crippen molar-refractivity contribution in [2.45, 2.75) is 38.1 Å². The minimum absolute atomic E-state index is 0.816. The van der Waals surface area contributed by atoms with Crippen LogP contribution in [0.2, 0.25) is 0 Å². The Balaban J connectivity index is 1.40. The van der Waals surface area contributed by atoms with E-state index >= 15 is 0 Å². The SMILES string of the molecule is C1CNC(C2CCN(CC3CCOC3)CC2)C1. The zero-order chi connectivity index (χ0) is 11.5. The highest BCUT2D eigenvalue weighted by Crippen LogP contribution is 2.26. The van der Waals surface area contributed by atoms with Crippen molar-refractivity contribution in [3.8, 4) is 0 Å². The molecule has 3 aliphatic rings. The normalized spacial score (nSPS) is 36.7. The fraction of sp³-hybridized carbons (Fsp3) is 1.00. The fourth-order valence-electron chi connectivity index (χ4n) is 3.74. The smallest absolute Gasteiger partial charge is 0.0507 e. The maximum absolute atomic E-state index is 5.46. The highest BCUT2D eigenvalue weighted by atomic mass is 16.5. The summed E-state index contributed by atoms with van der Waals surface area (Å²) in [4.78, 5) is 2.67. The molecule has 0 aliphatic carbocycles. The van der Waals surface area contributed by atoms with E-state index < -0.39 is 0 Å². The number of ether oxygens (including phenoxy) is 1. The molecule has 3 saturated heterocycles. The third kappa shape index (κ3) is 3.01. The summed E-state index contributed by atoms with van der Waals surface area (Å²) in [5, 5.41) is 3.68. The van der Waals surface area contributed by atoms with E-state index in [1.54, 1.807) is 0 Å². The molecule has 3 aliphatic heterocycles. The fourth-order valence-corrected chi connectivity index (χ4v) is 3.74. The Hall–Kier alpha value is -0.120. The van der Waals surface area contributed by atoms with Gasteiger partial charge in [-0.05, 0) is 63.6 Å². The first-order chi connectivity index (χ1) is 8.42. The molecule has 0 radical (unpaired) electrons. The third-order valence-corrected chi connectivity index (χ3v) is 4.84. The van der Waals surface area contributed by atoms with Gasteiger partial charge >= 0.3 is 0 Å². The van der Waals surface area contributed by atoms with Gasteiger partial charge in [-0.2, -0.15) is 0 Å². The Morgan fingerprint density at radius 1 is 1.12 bits per heavy atom. The monoisotopic (exact) mass is 238 g/mol. The van der Waals surface area contributed by atoms with Crippen LogP contribution in [0.1, 0.15) is 32.1 Å². The van der Waals surface area contributed by atoms with Gasteiger partial charge in [-0.3, -0.25) is 0 Å². The van der Waals surface area contributed by atoms with E-state index in [2.05, 4.69) is 10.2 Å². The van der Waals surface area contributed by atoms with Crippen LogP contribution in [-0.4, -0.2) is 50.3 Å². The van der Waals surface area contributed by atoms with Crippen molar-refractivity contribution in [1.82, 2.24) is 10.2 Å². The number of hydrogen-bond donors (Lipinski definition) is 1. The maximum Gasteiger partial charge on any atom is 0.0507 e. The predicted molar refractivity (Wildman–Crippen MR) is 69.1 cm³/mol. The molecular weight excluding hydrogens is 212 g/mol. The topological polar surface area (TPSA) is 24.5 Å². The van der Waals surface area contributed by atoms with Crippen LogP contribution in [0.25, 0.3) is 0 Å². The van der Waals surface area contributed by atoms with E-state index in [4.69, 9.17) is 4.74 Å². The summed E-state index contributed by atoms with van der Waals surface area (Å²) in [6.45, 7) is 7.17. The average Bonchev–Trinajstić information content (AvgIpc) is 3.01. The molecule has 3 fully saturated rings. The highest BCUT2D eigenvalue weighted by Gasteiger charge is 2.29. The molecule has 1 N–H and O–H groups in total. The molecule has 2 unspecified atom stereocenters. The zero-order valence-electron chi connectivity index (χ0n) is 10.9. The van der Waals surface area contributed by atoms with E-state index in [0.717, 1.165) is 31.1 Å². The van der Waals surface area contributed by atoms with Crippen molar-refractivity contribution < 1.29 is 4.74 Å². The second kappa shape index (κ2) is 5.68. The van der Waals surface area contributed by atoms with Crippen LogP contribution in [0.15, 0.2) is 0 Å². The first-order valence-electron chi connectivity index (χ1n) is 7.45. The van der Waals surface area contributed by atoms with Gasteiger partial charge in [0, 0.05) is 19.2 Å². The maximum atomic E-state index is 5.46. The molecule has 3 rings (SSSR count). The van der Waals surface area contributed by atoms with Crippen LogP contribution in [-0.2, 0) is 4.74 Å². The lowest BCUT2D eigenvalue weighted by Crippen LogP contribution is -2.42. The van der Waals surface area contributed by atoms with Gasteiger partial charge in [0.1, 0.15) is 0 Å². The van der Waals surface area contributed by atoms with E-state index in [-0.39, 0.29) is 0 Å². The Bertz CT molecular complexity index is 226. The van der Waals surface area contributed by atoms with Gasteiger partial charge in [0.15, 0.2) is 0 Å². The minimum atomic E-state index is 0.816. The first-order valence-corrected chi connectivity index (χ1v) is 7.45. The minimum Gasteiger partial charge on any atom is -0.381 e. The van der Waals surface area contributed by atoms with Crippen LogP contribution in [0, 0.1) is 11.8 Å². The van der Waals surface area contributed by atoms with Crippen LogP contribution >= 0.6 is 0 Å². The van der Waals surface area contributed by atoms with Crippen LogP contribution in [0.5, 0.6) is 0 Å². The summed E-state index contributed by atoms with van der Waals surface area (Å²) in [5.41, 5.74) is 0. The number of rotatable bonds is 3. The summed E-state index contributed by atoms with van der Waals surface area (Å²) in [7, 11) is 0. The molecule has 3 heteroatoms. The molecule has 3 heterocycles. The van der Waals surface area contributed by atoms with Crippen molar-refractivity contribution in [1.29, 1.82) is 0 Å². The molecule has 0 aromatic rings. The third-order valence-electron chi connectivity index (χ3n) is 4.84. The lowest BCUT2D eigenvalue weighted by atomic mass is 9.88. The molecule has 0 amide bonds. The van der Waals surface area contributed by atoms with E-state index in [0.29, 0.717) is 0 Å². The molecule has 2 atom stereocenters. The molecular formula is C14H26N2O. The first kappa shape index (κ1) is 11.9. The van der Waals surface area contributed by atoms with Gasteiger partial charge in [-0.15, -0.1) is 0 Å². The lowest BCUT2D eigenvalue weighted by Gasteiger charge is -2.35. The largest absolute Gasteiger partial charge is 0.381 e. The van der Waals surface area contributed by atoms with Gasteiger partial charge < -0.3 is 15.0 Å². The summed E-state index contributed by atoms with van der Waals surface area (Å²) in [6.07, 6.45) is 6.91. The number of likely N-dealkylation sites (tertiary alicyclic amines) is 1. The van der Waals surface area contributed by atoms with Gasteiger partial charge in [0.2, 0.25) is 0 Å². The van der Waals surface area contributed by atoms with Crippen molar-refractivity contribution in [3.05, 3.63) is 0 Å². The van der Waals surface area contributed by atoms with Gasteiger partial charge in [0.05, 0.1) is 6.61 Å². The molecule has 3 nitrogen and oxygen atoms in total. The van der Waals surface area contributed by atoms with Crippen LogP contribution in [0.4, 0.5) is 0 Å². The van der Waals surface area contributed by atoms with E-state index in [1.165, 1.54) is 58.3 Å². The summed E-state index contributed by atoms with van der Waals surface area (Å²) in [6, 6.07) is 0.840. The van der Waals surface area contributed by atoms with Gasteiger partial charge in [-0.1, -0.05) is 0 Å². The van der Waals surface area contributed by atoms with Crippen molar-refractivity contribution in [3.63, 3.8) is 0 Å². The Morgan fingerprint density at radius 3 is 2.65 bits per heavy atom. The molecule has 0 aromatic heterocycles. The Morgan fingerprint density at radius 2 is 2.00 bits per heavy atom. The quantitative estimate of drug-likeness (QED) is 0.806. The van der Waals surface area contributed by atoms with E-state index in [1.807, 2.05) is 0 Å². The number of nitrogens with zero attached hydrogens (tertiary/aromatic N) is 1. The number of hydrogen-bond acceptors (Lipinski definition) is 3. The van der Waals surface area contributed by atoms with Crippen molar-refractivity contribution in [2.24, 2.45) is 11.8 Å². The van der Waals surface area contributed by atoms with Crippen molar-refractivity contribution >= 4 is 0 Å². The molecule has 17 heavy (non-hydrogen) atoms. The molecule has 0 bridgehead atoms. The van der Waals surface area contributed by atoms with Gasteiger partial charge in [0.25, 0.3) is 0 Å². The molecule has 0 aromatic carbocycles. The zero-order valence-corrected chi connectivity index (χ0v) is 10.9. The molecule has 0 spiro atoms. The summed E-state index contributed by atoms with van der Waals surface area (Å²) >= 11 is 0. The number of piperidine rings is 1. The highest BCUT2D eigenvalue weighted by molar-refractivity contribution is 4.86. The molecule has 0 saturated carbocycles. The van der Waals surface area contributed by atoms with E-state index in [9.17, 15) is 0 Å². The lowest BCUT2D eigenvalue weighted by molar-refractivity contribution is 0.131. The van der Waals surface area contributed by atoms with Crippen LogP contribution in [0.3, 0.4) is 0 Å². The second-order valence-electron chi connectivity index (χ2n) is 6.07. The van der Waals surface area contributed by atoms with Gasteiger partial charge in [-0.25, -0.2) is 0 Å². The number of nitrogens with one attached hydrogen (secondary N) is 1. The van der Waals surface area contributed by atoms with Crippen LogP contribution < -0.4 is 5.32 Å². The molecule has 98 valence electrons. The average molecular weight is 238 g/mol. The summed E-state index contributed by atoms with van der Waals surface area (Å²) in [5.74, 6) is 1.77. The standard InChI is InChI=1S/C14H26N2O/c1-2-14(15-6-1)13-3-7-16(8-4-13)10-12-5-9-17-11-12/h12-15H,1-11H2. The Kier molecular flexibility index (Phi) is 3.99. The second-order valence-corrected chi connectivity index (χ2v) is 6.07. The predicted octanol–water partition coefficient (Wildman–Crippen LogP) is 1.49. The Labute approximate surface area is 105 Å². The summed E-state index contributed by atoms with van der Waals surface area (Å²) < 4.78 is 5.46. The van der Waals surface area contributed by atoms with Crippen molar-refractivity contribution in [2.75, 3.05) is 39.4 Å².